The minimum absolute atomic E-state index is 0.110. The summed E-state index contributed by atoms with van der Waals surface area (Å²) in [5.74, 6) is -0.955. The van der Waals surface area contributed by atoms with Crippen molar-refractivity contribution in [1.82, 2.24) is 0 Å². The van der Waals surface area contributed by atoms with Gasteiger partial charge in [-0.15, -0.1) is 0 Å². The third-order valence-electron chi connectivity index (χ3n) is 6.42. The lowest BCUT2D eigenvalue weighted by molar-refractivity contribution is -0.384. The number of nitro groups is 1. The summed E-state index contributed by atoms with van der Waals surface area (Å²) in [5, 5.41) is 11.4. The smallest absolute Gasteiger partial charge is 0.274 e. The van der Waals surface area contributed by atoms with E-state index in [0.717, 1.165) is 23.3 Å². The molecule has 122 valence electrons. The van der Waals surface area contributed by atoms with Crippen LogP contribution in [0.15, 0.2) is 30.4 Å². The fourth-order valence-electron chi connectivity index (χ4n) is 5.28. The molecule has 5 rings (SSSR count). The fraction of sp³-hybridized carbons (Fsp3) is 0.444. The molecule has 24 heavy (non-hydrogen) atoms. The number of nitrogens with zero attached hydrogens (tertiary/aromatic N) is 2. The molecular formula is C18H16N2O4. The molecule has 1 aromatic rings. The lowest BCUT2D eigenvalue weighted by Gasteiger charge is -2.21. The molecule has 6 nitrogen and oxygen atoms in total. The van der Waals surface area contributed by atoms with Gasteiger partial charge in [0.1, 0.15) is 5.69 Å². The molecule has 2 amide bonds. The van der Waals surface area contributed by atoms with Crippen LogP contribution >= 0.6 is 0 Å². The Morgan fingerprint density at radius 3 is 2.21 bits per heavy atom. The first-order valence-corrected chi connectivity index (χ1v) is 8.27. The summed E-state index contributed by atoms with van der Waals surface area (Å²) in [6.07, 6.45) is 6.34. The van der Waals surface area contributed by atoms with Crippen molar-refractivity contribution < 1.29 is 14.5 Å². The molecule has 1 aromatic carbocycles. The lowest BCUT2D eigenvalue weighted by atomic mass is 9.85. The van der Waals surface area contributed by atoms with Gasteiger partial charge in [-0.25, -0.2) is 4.90 Å². The molecule has 3 fully saturated rings. The largest absolute Gasteiger partial charge is 0.293 e. The van der Waals surface area contributed by atoms with Crippen LogP contribution in [0.4, 0.5) is 11.4 Å². The van der Waals surface area contributed by atoms with E-state index < -0.39 is 4.92 Å². The predicted octanol–water partition coefficient (Wildman–Crippen LogP) is 2.60. The second-order valence-corrected chi connectivity index (χ2v) is 7.48. The van der Waals surface area contributed by atoms with Crippen LogP contribution in [0.5, 0.6) is 0 Å². The van der Waals surface area contributed by atoms with E-state index in [9.17, 15) is 19.7 Å². The monoisotopic (exact) mass is 324 g/mol. The lowest BCUT2D eigenvalue weighted by Crippen LogP contribution is -2.35. The number of hydrogen-bond acceptors (Lipinski definition) is 4. The van der Waals surface area contributed by atoms with Gasteiger partial charge in [0.2, 0.25) is 11.8 Å². The fourth-order valence-corrected chi connectivity index (χ4v) is 5.28. The number of rotatable bonds is 2. The van der Waals surface area contributed by atoms with E-state index in [1.165, 1.54) is 12.1 Å². The van der Waals surface area contributed by atoms with Crippen LogP contribution in [0.1, 0.15) is 18.4 Å². The van der Waals surface area contributed by atoms with Gasteiger partial charge in [-0.3, -0.25) is 19.7 Å². The highest BCUT2D eigenvalue weighted by molar-refractivity contribution is 6.24. The van der Waals surface area contributed by atoms with E-state index in [-0.39, 0.29) is 52.3 Å². The number of carbonyl (C=O) groups excluding carboxylic acids is 2. The molecule has 1 heterocycles. The zero-order chi connectivity index (χ0) is 16.8. The summed E-state index contributed by atoms with van der Waals surface area (Å²) >= 11 is 0. The van der Waals surface area contributed by atoms with Crippen LogP contribution in [-0.2, 0) is 9.59 Å². The van der Waals surface area contributed by atoms with Crippen molar-refractivity contribution >= 4 is 23.2 Å². The Morgan fingerprint density at radius 2 is 1.71 bits per heavy atom. The number of aryl methyl sites for hydroxylation is 1. The normalized spacial score (nSPS) is 34.3. The van der Waals surface area contributed by atoms with E-state index in [0.29, 0.717) is 0 Å². The number of allylic oxidation sites excluding steroid dienone is 2. The minimum Gasteiger partial charge on any atom is -0.274 e. The molecule has 4 aliphatic rings. The number of hydrogen-bond donors (Lipinski definition) is 0. The third kappa shape index (κ3) is 1.42. The number of nitro benzene ring substituents is 1. The van der Waals surface area contributed by atoms with Gasteiger partial charge in [-0.05, 0) is 48.6 Å². The number of imide groups is 1. The molecule has 0 N–H and O–H groups in total. The molecule has 2 bridgehead atoms. The second kappa shape index (κ2) is 4.12. The highest BCUT2D eigenvalue weighted by Crippen LogP contribution is 2.73. The zero-order valence-electron chi connectivity index (χ0n) is 13.1. The standard InChI is InChI=1S/C18H16N2O4/c1-9-2-5-12(13(8-9)20(23)24)19-16(21)14-10-3-4-11(15(14)17(19)22)18(10)6-7-18/h2-5,8,10-11,14-15H,6-7H2,1H3/t10-,11-,14-,15+/m0/s1. The molecule has 1 aliphatic heterocycles. The van der Waals surface area contributed by atoms with Gasteiger partial charge in [0.25, 0.3) is 5.69 Å². The summed E-state index contributed by atoms with van der Waals surface area (Å²) in [5.41, 5.74) is 0.784. The maximum atomic E-state index is 13.0. The molecule has 0 radical (unpaired) electrons. The Hall–Kier alpha value is -2.50. The molecule has 1 spiro atoms. The van der Waals surface area contributed by atoms with Gasteiger partial charge in [0.15, 0.2) is 0 Å². The van der Waals surface area contributed by atoms with Crippen molar-refractivity contribution in [1.29, 1.82) is 0 Å². The summed E-state index contributed by atoms with van der Waals surface area (Å²) < 4.78 is 0. The average molecular weight is 324 g/mol. The van der Waals surface area contributed by atoms with Crippen molar-refractivity contribution in [3.63, 3.8) is 0 Å². The highest BCUT2D eigenvalue weighted by atomic mass is 16.6. The summed E-state index contributed by atoms with van der Waals surface area (Å²) in [7, 11) is 0. The van der Waals surface area contributed by atoms with E-state index in [1.54, 1.807) is 13.0 Å². The Labute approximate surface area is 138 Å². The maximum Gasteiger partial charge on any atom is 0.293 e. The highest BCUT2D eigenvalue weighted by Gasteiger charge is 2.73. The Bertz CT molecular complexity index is 821. The van der Waals surface area contributed by atoms with Gasteiger partial charge in [-0.2, -0.15) is 0 Å². The molecule has 4 atom stereocenters. The van der Waals surface area contributed by atoms with Crippen LogP contribution in [0.3, 0.4) is 0 Å². The molecule has 6 heteroatoms. The van der Waals surface area contributed by atoms with Crippen molar-refractivity contribution in [2.75, 3.05) is 4.90 Å². The average Bonchev–Trinajstić information content (AvgIpc) is 3.14. The number of benzene rings is 1. The van der Waals surface area contributed by atoms with Gasteiger partial charge in [0, 0.05) is 6.07 Å². The van der Waals surface area contributed by atoms with Crippen LogP contribution in [0.2, 0.25) is 0 Å². The topological polar surface area (TPSA) is 80.5 Å². The van der Waals surface area contributed by atoms with Gasteiger partial charge in [-0.1, -0.05) is 18.2 Å². The third-order valence-corrected chi connectivity index (χ3v) is 6.42. The van der Waals surface area contributed by atoms with E-state index in [4.69, 9.17) is 0 Å². The van der Waals surface area contributed by atoms with Crippen LogP contribution < -0.4 is 4.90 Å². The first-order valence-electron chi connectivity index (χ1n) is 8.27. The Morgan fingerprint density at radius 1 is 1.12 bits per heavy atom. The van der Waals surface area contributed by atoms with Gasteiger partial charge in [0.05, 0.1) is 16.8 Å². The first-order chi connectivity index (χ1) is 11.5. The van der Waals surface area contributed by atoms with Crippen LogP contribution in [0, 0.1) is 46.1 Å². The van der Waals surface area contributed by atoms with E-state index >= 15 is 0 Å². The molecular weight excluding hydrogens is 308 g/mol. The van der Waals surface area contributed by atoms with Crippen molar-refractivity contribution in [3.8, 4) is 0 Å². The molecule has 1 saturated heterocycles. The summed E-state index contributed by atoms with van der Waals surface area (Å²) in [4.78, 5) is 38.0. The number of amides is 2. The van der Waals surface area contributed by atoms with E-state index in [1.807, 2.05) is 0 Å². The van der Waals surface area contributed by atoms with Crippen LogP contribution in [-0.4, -0.2) is 16.7 Å². The van der Waals surface area contributed by atoms with Gasteiger partial charge >= 0.3 is 0 Å². The summed E-state index contributed by atoms with van der Waals surface area (Å²) in [6.45, 7) is 1.75. The quantitative estimate of drug-likeness (QED) is 0.362. The van der Waals surface area contributed by atoms with Crippen molar-refractivity contribution in [2.24, 2.45) is 29.1 Å². The minimum atomic E-state index is -0.522. The molecule has 2 saturated carbocycles. The van der Waals surface area contributed by atoms with Crippen molar-refractivity contribution in [3.05, 3.63) is 46.0 Å². The van der Waals surface area contributed by atoms with Gasteiger partial charge < -0.3 is 0 Å². The maximum absolute atomic E-state index is 13.0. The second-order valence-electron chi connectivity index (χ2n) is 7.48. The number of carbonyl (C=O) groups is 2. The summed E-state index contributed by atoms with van der Waals surface area (Å²) in [6, 6.07) is 4.64. The van der Waals surface area contributed by atoms with Crippen molar-refractivity contribution in [2.45, 2.75) is 19.8 Å². The first kappa shape index (κ1) is 13.9. The van der Waals surface area contributed by atoms with Crippen LogP contribution in [0.25, 0.3) is 0 Å². The molecule has 0 aromatic heterocycles. The Kier molecular flexibility index (Phi) is 2.39. The molecule has 3 aliphatic carbocycles. The van der Waals surface area contributed by atoms with E-state index in [2.05, 4.69) is 12.2 Å². The number of anilines is 1. The SMILES string of the molecule is Cc1ccc(N2C(=O)[C@@H]3[C@H](C2=O)[C@@H]2C=C[C@@H]3C23CC3)c([N+](=O)[O-])c1. The zero-order valence-corrected chi connectivity index (χ0v) is 13.1. The molecule has 0 unspecified atom stereocenters. The number of fused-ring (bicyclic) bond motifs is 3. The predicted molar refractivity (Wildman–Crippen MR) is 85.1 cm³/mol. The Balaban J connectivity index is 1.60.